The highest BCUT2D eigenvalue weighted by Gasteiger charge is 2.34. The molecule has 2 aromatic carbocycles. The standard InChI is InChI=1S/C22H22N2O4S2/c1-22(2)14-18(17-6-3-4-7-19(17)28-22)23-21(25)15-9-11-16(12-10-15)24-30(26,27)20-8-5-13-29-20/h3-13,18,24H,14H2,1-2H3,(H,23,25)/t18-/m1/s1. The number of carbonyl (C=O) groups is 1. The highest BCUT2D eigenvalue weighted by atomic mass is 32.2. The zero-order valence-corrected chi connectivity index (χ0v) is 18.2. The van der Waals surface area contributed by atoms with Crippen LogP contribution >= 0.6 is 11.3 Å². The van der Waals surface area contributed by atoms with Crippen molar-refractivity contribution < 1.29 is 17.9 Å². The molecule has 0 saturated heterocycles. The lowest BCUT2D eigenvalue weighted by atomic mass is 9.89. The minimum Gasteiger partial charge on any atom is -0.487 e. The second kappa shape index (κ2) is 7.77. The number of anilines is 1. The molecule has 2 N–H and O–H groups in total. The molecule has 3 aromatic rings. The Hall–Kier alpha value is -2.84. The fourth-order valence-electron chi connectivity index (χ4n) is 3.48. The van der Waals surface area contributed by atoms with Crippen LogP contribution in [0.15, 0.2) is 70.3 Å². The molecule has 1 aliphatic heterocycles. The average molecular weight is 443 g/mol. The monoisotopic (exact) mass is 442 g/mol. The van der Waals surface area contributed by atoms with Crippen LogP contribution in [0, 0.1) is 0 Å². The third kappa shape index (κ3) is 4.34. The molecule has 156 valence electrons. The van der Waals surface area contributed by atoms with Crippen molar-refractivity contribution in [3.05, 3.63) is 77.2 Å². The number of amides is 1. The number of hydrogen-bond donors (Lipinski definition) is 2. The molecule has 0 aliphatic carbocycles. The number of carbonyl (C=O) groups excluding carboxylic acids is 1. The maximum atomic E-state index is 12.8. The van der Waals surface area contributed by atoms with Gasteiger partial charge in [-0.15, -0.1) is 11.3 Å². The topological polar surface area (TPSA) is 84.5 Å². The lowest BCUT2D eigenvalue weighted by Gasteiger charge is -2.37. The van der Waals surface area contributed by atoms with Gasteiger partial charge in [-0.25, -0.2) is 8.42 Å². The first-order valence-electron chi connectivity index (χ1n) is 9.49. The van der Waals surface area contributed by atoms with Crippen LogP contribution in [0.2, 0.25) is 0 Å². The Morgan fingerprint density at radius 3 is 2.50 bits per heavy atom. The number of thiophene rings is 1. The van der Waals surface area contributed by atoms with Crippen molar-refractivity contribution in [3.8, 4) is 5.75 Å². The van der Waals surface area contributed by atoms with Crippen molar-refractivity contribution in [3.63, 3.8) is 0 Å². The molecular formula is C22H22N2O4S2. The van der Waals surface area contributed by atoms with Crippen molar-refractivity contribution in [1.82, 2.24) is 5.32 Å². The van der Waals surface area contributed by atoms with Crippen molar-refractivity contribution in [2.45, 2.75) is 36.1 Å². The van der Waals surface area contributed by atoms with E-state index in [0.29, 0.717) is 17.7 Å². The van der Waals surface area contributed by atoms with Crippen molar-refractivity contribution >= 4 is 33.0 Å². The first-order chi connectivity index (χ1) is 14.2. The molecule has 8 heteroatoms. The molecule has 0 saturated carbocycles. The molecule has 1 atom stereocenters. The van der Waals surface area contributed by atoms with E-state index in [0.717, 1.165) is 22.6 Å². The Bertz CT molecular complexity index is 1150. The maximum Gasteiger partial charge on any atom is 0.271 e. The maximum absolute atomic E-state index is 12.8. The molecule has 0 bridgehead atoms. The third-order valence-corrected chi connectivity index (χ3v) is 7.62. The summed E-state index contributed by atoms with van der Waals surface area (Å²) in [5, 5.41) is 4.79. The van der Waals surface area contributed by atoms with E-state index in [-0.39, 0.29) is 16.2 Å². The first kappa shape index (κ1) is 20.4. The van der Waals surface area contributed by atoms with Crippen LogP contribution in [0.3, 0.4) is 0 Å². The van der Waals surface area contributed by atoms with Crippen molar-refractivity contribution in [2.24, 2.45) is 0 Å². The second-order valence-corrected chi connectivity index (χ2v) is 10.6. The van der Waals surface area contributed by atoms with Gasteiger partial charge in [-0.1, -0.05) is 24.3 Å². The number of nitrogens with one attached hydrogen (secondary N) is 2. The SMILES string of the molecule is CC1(C)C[C@@H](NC(=O)c2ccc(NS(=O)(=O)c3cccs3)cc2)c2ccccc2O1. The first-order valence-corrected chi connectivity index (χ1v) is 11.8. The Morgan fingerprint density at radius 2 is 1.80 bits per heavy atom. The Labute approximate surface area is 180 Å². The van der Waals surface area contributed by atoms with Crippen LogP contribution in [0.25, 0.3) is 0 Å². The second-order valence-electron chi connectivity index (χ2n) is 7.74. The normalized spacial score (nSPS) is 17.5. The number of para-hydroxylation sites is 1. The van der Waals surface area contributed by atoms with Gasteiger partial charge in [0.1, 0.15) is 15.6 Å². The number of ether oxygens (including phenoxy) is 1. The molecule has 1 aromatic heterocycles. The zero-order valence-electron chi connectivity index (χ0n) is 16.6. The van der Waals surface area contributed by atoms with Gasteiger partial charge in [0, 0.05) is 23.2 Å². The Morgan fingerprint density at radius 1 is 1.07 bits per heavy atom. The van der Waals surface area contributed by atoms with E-state index >= 15 is 0 Å². The summed E-state index contributed by atoms with van der Waals surface area (Å²) in [5.74, 6) is 0.553. The number of benzene rings is 2. The van der Waals surface area contributed by atoms with E-state index in [2.05, 4.69) is 10.0 Å². The number of rotatable bonds is 5. The lowest BCUT2D eigenvalue weighted by molar-refractivity contribution is 0.0619. The van der Waals surface area contributed by atoms with Crippen LogP contribution in [-0.4, -0.2) is 19.9 Å². The summed E-state index contributed by atoms with van der Waals surface area (Å²) in [6, 6.07) is 17.1. The smallest absolute Gasteiger partial charge is 0.271 e. The molecule has 1 aliphatic rings. The van der Waals surface area contributed by atoms with Gasteiger partial charge in [0.25, 0.3) is 15.9 Å². The molecule has 4 rings (SSSR count). The Kier molecular flexibility index (Phi) is 5.29. The van der Waals surface area contributed by atoms with Crippen LogP contribution in [0.4, 0.5) is 5.69 Å². The molecule has 0 unspecified atom stereocenters. The van der Waals surface area contributed by atoms with E-state index in [1.54, 1.807) is 41.8 Å². The van der Waals surface area contributed by atoms with E-state index in [4.69, 9.17) is 4.74 Å². The highest BCUT2D eigenvalue weighted by molar-refractivity contribution is 7.94. The summed E-state index contributed by atoms with van der Waals surface area (Å²) in [6.07, 6.45) is 0.647. The van der Waals surface area contributed by atoms with Gasteiger partial charge >= 0.3 is 0 Å². The van der Waals surface area contributed by atoms with Crippen LogP contribution < -0.4 is 14.8 Å². The van der Waals surface area contributed by atoms with Gasteiger partial charge in [-0.3, -0.25) is 9.52 Å². The minimum atomic E-state index is -3.62. The van der Waals surface area contributed by atoms with E-state index in [9.17, 15) is 13.2 Å². The third-order valence-electron chi connectivity index (χ3n) is 4.84. The Balaban J connectivity index is 1.48. The number of sulfonamides is 1. The van der Waals surface area contributed by atoms with Crippen LogP contribution in [0.5, 0.6) is 5.75 Å². The van der Waals surface area contributed by atoms with Gasteiger partial charge in [0.2, 0.25) is 0 Å². The predicted octanol–water partition coefficient (Wildman–Crippen LogP) is 4.58. The van der Waals surface area contributed by atoms with Gasteiger partial charge in [0.15, 0.2) is 0 Å². The largest absolute Gasteiger partial charge is 0.487 e. The lowest BCUT2D eigenvalue weighted by Crippen LogP contribution is -2.41. The molecule has 2 heterocycles. The minimum absolute atomic E-state index is 0.172. The van der Waals surface area contributed by atoms with E-state index in [1.807, 2.05) is 38.1 Å². The number of fused-ring (bicyclic) bond motifs is 1. The van der Waals surface area contributed by atoms with E-state index < -0.39 is 15.6 Å². The van der Waals surface area contributed by atoms with Crippen molar-refractivity contribution in [1.29, 1.82) is 0 Å². The molecular weight excluding hydrogens is 420 g/mol. The van der Waals surface area contributed by atoms with Crippen LogP contribution in [-0.2, 0) is 10.0 Å². The summed E-state index contributed by atoms with van der Waals surface area (Å²) in [7, 11) is -3.62. The summed E-state index contributed by atoms with van der Waals surface area (Å²) in [6.45, 7) is 3.99. The predicted molar refractivity (Wildman–Crippen MR) is 118 cm³/mol. The summed E-state index contributed by atoms with van der Waals surface area (Å²) in [5.41, 5.74) is 1.41. The molecule has 0 radical (unpaired) electrons. The molecule has 0 spiro atoms. The van der Waals surface area contributed by atoms with Gasteiger partial charge in [-0.05, 0) is 55.6 Å². The fraction of sp³-hybridized carbons (Fsp3) is 0.227. The molecule has 0 fully saturated rings. The summed E-state index contributed by atoms with van der Waals surface area (Å²) < 4.78 is 33.4. The van der Waals surface area contributed by atoms with Gasteiger partial charge in [0.05, 0.1) is 6.04 Å². The highest BCUT2D eigenvalue weighted by Crippen LogP contribution is 2.39. The van der Waals surface area contributed by atoms with Crippen LogP contribution in [0.1, 0.15) is 42.2 Å². The summed E-state index contributed by atoms with van der Waals surface area (Å²) in [4.78, 5) is 12.8. The average Bonchev–Trinajstić information content (AvgIpc) is 3.23. The van der Waals surface area contributed by atoms with E-state index in [1.165, 1.54) is 0 Å². The molecule has 1 amide bonds. The van der Waals surface area contributed by atoms with Gasteiger partial charge < -0.3 is 10.1 Å². The van der Waals surface area contributed by atoms with Gasteiger partial charge in [-0.2, -0.15) is 0 Å². The summed E-state index contributed by atoms with van der Waals surface area (Å²) >= 11 is 1.15. The van der Waals surface area contributed by atoms with Crippen molar-refractivity contribution in [2.75, 3.05) is 4.72 Å². The quantitative estimate of drug-likeness (QED) is 0.606. The molecule has 6 nitrogen and oxygen atoms in total. The fourth-order valence-corrected chi connectivity index (χ4v) is 5.54. The zero-order chi connectivity index (χ0) is 21.4. The molecule has 30 heavy (non-hydrogen) atoms. The number of hydrogen-bond acceptors (Lipinski definition) is 5.